The molecule has 0 fully saturated rings. The first-order valence-corrected chi connectivity index (χ1v) is 8.50. The fraction of sp³-hybridized carbons (Fsp3) is 0.143. The molecule has 140 valence electrons. The fourth-order valence-electron chi connectivity index (χ4n) is 2.63. The van der Waals surface area contributed by atoms with Crippen LogP contribution in [0.2, 0.25) is 0 Å². The standard InChI is InChI=1S/C21H15NO6/c23-16-12-20(28-17-6-2-1-5-15(16)17)21(24)22-9-3-4-10-25-14-7-8-18-19(11-14)27-13-26-18/h1-2,5-8,11-12H,9-10,13H2,(H,22,24). The molecular formula is C21H15NO6. The number of nitrogens with one attached hydrogen (secondary N) is 1. The number of hydrogen-bond donors (Lipinski definition) is 1. The summed E-state index contributed by atoms with van der Waals surface area (Å²) in [6, 6.07) is 13.2. The zero-order chi connectivity index (χ0) is 19.3. The van der Waals surface area contributed by atoms with Crippen LogP contribution in [0.3, 0.4) is 0 Å². The molecular weight excluding hydrogens is 362 g/mol. The van der Waals surface area contributed by atoms with E-state index in [1.165, 1.54) is 6.07 Å². The van der Waals surface area contributed by atoms with Crippen LogP contribution in [-0.4, -0.2) is 25.9 Å². The maximum absolute atomic E-state index is 12.1. The molecule has 1 aromatic heterocycles. The second-order valence-electron chi connectivity index (χ2n) is 5.81. The molecule has 7 nitrogen and oxygen atoms in total. The Morgan fingerprint density at radius 3 is 2.86 bits per heavy atom. The Kier molecular flexibility index (Phi) is 4.85. The molecule has 3 aromatic rings. The second-order valence-corrected chi connectivity index (χ2v) is 5.81. The van der Waals surface area contributed by atoms with Gasteiger partial charge in [0.05, 0.1) is 11.9 Å². The van der Waals surface area contributed by atoms with Gasteiger partial charge in [-0.3, -0.25) is 9.59 Å². The van der Waals surface area contributed by atoms with E-state index in [1.54, 1.807) is 42.5 Å². The lowest BCUT2D eigenvalue weighted by Crippen LogP contribution is -2.24. The van der Waals surface area contributed by atoms with E-state index in [4.69, 9.17) is 18.6 Å². The zero-order valence-electron chi connectivity index (χ0n) is 14.7. The van der Waals surface area contributed by atoms with Crippen LogP contribution in [0.15, 0.2) is 57.7 Å². The molecule has 1 N–H and O–H groups in total. The van der Waals surface area contributed by atoms with E-state index < -0.39 is 5.91 Å². The van der Waals surface area contributed by atoms with Gasteiger partial charge in [0.25, 0.3) is 5.91 Å². The van der Waals surface area contributed by atoms with E-state index in [9.17, 15) is 9.59 Å². The second kappa shape index (κ2) is 7.76. The predicted molar refractivity (Wildman–Crippen MR) is 101 cm³/mol. The van der Waals surface area contributed by atoms with Gasteiger partial charge in [0, 0.05) is 12.1 Å². The van der Waals surface area contributed by atoms with Crippen molar-refractivity contribution in [3.8, 4) is 29.1 Å². The van der Waals surface area contributed by atoms with Crippen LogP contribution in [0.4, 0.5) is 0 Å². The third-order valence-corrected chi connectivity index (χ3v) is 3.98. The van der Waals surface area contributed by atoms with Crippen molar-refractivity contribution in [3.05, 3.63) is 64.5 Å². The van der Waals surface area contributed by atoms with E-state index >= 15 is 0 Å². The van der Waals surface area contributed by atoms with Crippen molar-refractivity contribution in [2.24, 2.45) is 0 Å². The Labute approximate surface area is 159 Å². The van der Waals surface area contributed by atoms with Crippen LogP contribution in [0.25, 0.3) is 11.0 Å². The Hall–Kier alpha value is -3.92. The number of para-hydroxylation sites is 1. The first-order chi connectivity index (χ1) is 13.7. The van der Waals surface area contributed by atoms with Gasteiger partial charge in [0.2, 0.25) is 6.79 Å². The number of hydrogen-bond acceptors (Lipinski definition) is 6. The molecule has 2 aromatic carbocycles. The largest absolute Gasteiger partial charge is 0.481 e. The van der Waals surface area contributed by atoms with E-state index in [0.717, 1.165) is 0 Å². The Balaban J connectivity index is 1.30. The lowest BCUT2D eigenvalue weighted by molar-refractivity contribution is 0.0931. The summed E-state index contributed by atoms with van der Waals surface area (Å²) < 4.78 is 21.5. The molecule has 1 aliphatic heterocycles. The predicted octanol–water partition coefficient (Wildman–Crippen LogP) is 2.33. The zero-order valence-corrected chi connectivity index (χ0v) is 14.7. The smallest absolute Gasteiger partial charge is 0.287 e. The maximum Gasteiger partial charge on any atom is 0.287 e. The fourth-order valence-corrected chi connectivity index (χ4v) is 2.63. The summed E-state index contributed by atoms with van der Waals surface area (Å²) in [4.78, 5) is 24.2. The van der Waals surface area contributed by atoms with E-state index in [0.29, 0.717) is 28.2 Å². The highest BCUT2D eigenvalue weighted by atomic mass is 16.7. The van der Waals surface area contributed by atoms with Gasteiger partial charge in [-0.15, -0.1) is 0 Å². The van der Waals surface area contributed by atoms with Crippen LogP contribution < -0.4 is 25.0 Å². The minimum atomic E-state index is -0.506. The molecule has 0 spiro atoms. The van der Waals surface area contributed by atoms with Crippen molar-refractivity contribution < 1.29 is 23.4 Å². The minimum absolute atomic E-state index is 0.0536. The van der Waals surface area contributed by atoms with Crippen molar-refractivity contribution in [2.45, 2.75) is 0 Å². The van der Waals surface area contributed by atoms with Gasteiger partial charge < -0.3 is 23.9 Å². The van der Waals surface area contributed by atoms with Gasteiger partial charge in [-0.2, -0.15) is 0 Å². The topological polar surface area (TPSA) is 87.0 Å². The first-order valence-electron chi connectivity index (χ1n) is 8.50. The third-order valence-electron chi connectivity index (χ3n) is 3.98. The average molecular weight is 377 g/mol. The van der Waals surface area contributed by atoms with Gasteiger partial charge in [-0.05, 0) is 24.3 Å². The Bertz CT molecular complexity index is 1150. The van der Waals surface area contributed by atoms with Gasteiger partial charge in [0.15, 0.2) is 22.7 Å². The molecule has 4 rings (SSSR count). The van der Waals surface area contributed by atoms with Crippen LogP contribution in [0.5, 0.6) is 17.2 Å². The van der Waals surface area contributed by atoms with Gasteiger partial charge in [0.1, 0.15) is 17.9 Å². The number of fused-ring (bicyclic) bond motifs is 2. The van der Waals surface area contributed by atoms with E-state index in [-0.39, 0.29) is 31.1 Å². The van der Waals surface area contributed by atoms with Crippen molar-refractivity contribution in [3.63, 3.8) is 0 Å². The molecule has 0 radical (unpaired) electrons. The summed E-state index contributed by atoms with van der Waals surface area (Å²) in [6.45, 7) is 0.454. The van der Waals surface area contributed by atoms with Crippen molar-refractivity contribution in [1.29, 1.82) is 0 Å². The van der Waals surface area contributed by atoms with Crippen LogP contribution in [-0.2, 0) is 0 Å². The summed E-state index contributed by atoms with van der Waals surface area (Å²) in [5.74, 6) is 6.94. The lowest BCUT2D eigenvalue weighted by Gasteiger charge is -2.03. The van der Waals surface area contributed by atoms with Crippen molar-refractivity contribution >= 4 is 16.9 Å². The molecule has 0 aliphatic carbocycles. The Morgan fingerprint density at radius 2 is 1.93 bits per heavy atom. The lowest BCUT2D eigenvalue weighted by atomic mass is 10.2. The molecule has 0 saturated heterocycles. The highest BCUT2D eigenvalue weighted by Gasteiger charge is 2.13. The average Bonchev–Trinajstić information content (AvgIpc) is 3.18. The molecule has 1 amide bonds. The van der Waals surface area contributed by atoms with Crippen molar-refractivity contribution in [1.82, 2.24) is 5.32 Å². The maximum atomic E-state index is 12.1. The van der Waals surface area contributed by atoms with Crippen LogP contribution in [0.1, 0.15) is 10.6 Å². The van der Waals surface area contributed by atoms with Crippen LogP contribution in [0, 0.1) is 11.8 Å². The Morgan fingerprint density at radius 1 is 1.07 bits per heavy atom. The van der Waals surface area contributed by atoms with E-state index in [2.05, 4.69) is 17.2 Å². The summed E-state index contributed by atoms with van der Waals surface area (Å²) in [6.07, 6.45) is 0. The monoisotopic (exact) mass is 377 g/mol. The molecule has 0 atom stereocenters. The molecule has 0 bridgehead atoms. The number of amides is 1. The van der Waals surface area contributed by atoms with Gasteiger partial charge >= 0.3 is 0 Å². The highest BCUT2D eigenvalue weighted by Crippen LogP contribution is 2.34. The summed E-state index contributed by atoms with van der Waals surface area (Å²) >= 11 is 0. The highest BCUT2D eigenvalue weighted by molar-refractivity contribution is 5.93. The molecule has 2 heterocycles. The van der Waals surface area contributed by atoms with Crippen molar-refractivity contribution in [2.75, 3.05) is 19.9 Å². The third kappa shape index (κ3) is 3.76. The van der Waals surface area contributed by atoms with Crippen LogP contribution >= 0.6 is 0 Å². The quantitative estimate of drug-likeness (QED) is 0.703. The number of carbonyl (C=O) groups is 1. The number of benzene rings is 2. The number of rotatable bonds is 4. The van der Waals surface area contributed by atoms with Gasteiger partial charge in [-0.25, -0.2) is 0 Å². The summed E-state index contributed by atoms with van der Waals surface area (Å²) in [5.41, 5.74) is 0.0959. The minimum Gasteiger partial charge on any atom is -0.481 e. The number of carbonyl (C=O) groups excluding carboxylic acids is 1. The normalized spacial score (nSPS) is 11.6. The molecule has 0 unspecified atom stereocenters. The SMILES string of the molecule is O=C(NCC#CCOc1ccc2c(c1)OCO2)c1cc(=O)c2ccccc2o1. The molecule has 7 heteroatoms. The molecule has 1 aliphatic rings. The first kappa shape index (κ1) is 17.5. The summed E-state index contributed by atoms with van der Waals surface area (Å²) in [5, 5.41) is 3.02. The van der Waals surface area contributed by atoms with Gasteiger partial charge in [-0.1, -0.05) is 24.0 Å². The molecule has 0 saturated carbocycles. The van der Waals surface area contributed by atoms with E-state index in [1.807, 2.05) is 0 Å². The summed E-state index contributed by atoms with van der Waals surface area (Å²) in [7, 11) is 0. The number of ether oxygens (including phenoxy) is 3. The molecule has 28 heavy (non-hydrogen) atoms.